The molecular formula is C18H28O2. The predicted molar refractivity (Wildman–Crippen MR) is 82.4 cm³/mol. The molecule has 0 bridgehead atoms. The van der Waals surface area contributed by atoms with Gasteiger partial charge in [0.15, 0.2) is 0 Å². The summed E-state index contributed by atoms with van der Waals surface area (Å²) >= 11 is 0. The van der Waals surface area contributed by atoms with Crippen molar-refractivity contribution >= 4 is 5.97 Å². The van der Waals surface area contributed by atoms with Gasteiger partial charge in [-0.25, -0.2) is 4.79 Å². The highest BCUT2D eigenvalue weighted by molar-refractivity contribution is 5.90. The minimum atomic E-state index is -0.152. The van der Waals surface area contributed by atoms with Gasteiger partial charge < -0.3 is 4.74 Å². The van der Waals surface area contributed by atoms with Crippen LogP contribution in [0.25, 0.3) is 0 Å². The SMILES string of the molecule is C=C1C(=O)O[C@@H]2CCCCCCC/C=C/CCCC[C@@H]12. The molecule has 2 rings (SSSR count). The number of carbonyl (C=O) groups is 1. The van der Waals surface area contributed by atoms with E-state index in [1.54, 1.807) is 0 Å². The van der Waals surface area contributed by atoms with Crippen LogP contribution in [0.1, 0.15) is 70.6 Å². The van der Waals surface area contributed by atoms with Crippen molar-refractivity contribution < 1.29 is 9.53 Å². The van der Waals surface area contributed by atoms with Gasteiger partial charge in [-0.15, -0.1) is 0 Å². The Kier molecular flexibility index (Phi) is 6.35. The molecule has 0 spiro atoms. The normalized spacial score (nSPS) is 31.8. The van der Waals surface area contributed by atoms with Gasteiger partial charge in [-0.2, -0.15) is 0 Å². The van der Waals surface area contributed by atoms with Gasteiger partial charge >= 0.3 is 5.97 Å². The summed E-state index contributed by atoms with van der Waals surface area (Å²) in [6.07, 6.45) is 18.0. The number of esters is 1. The van der Waals surface area contributed by atoms with Crippen molar-refractivity contribution in [2.45, 2.75) is 76.7 Å². The molecule has 20 heavy (non-hydrogen) atoms. The average molecular weight is 276 g/mol. The molecule has 1 fully saturated rings. The van der Waals surface area contributed by atoms with Crippen molar-refractivity contribution in [2.24, 2.45) is 5.92 Å². The first-order chi connectivity index (χ1) is 9.79. The molecule has 0 radical (unpaired) electrons. The lowest BCUT2D eigenvalue weighted by Gasteiger charge is -2.17. The zero-order valence-corrected chi connectivity index (χ0v) is 12.6. The molecule has 0 aromatic heterocycles. The summed E-state index contributed by atoms with van der Waals surface area (Å²) in [7, 11) is 0. The molecule has 0 aromatic rings. The van der Waals surface area contributed by atoms with Crippen molar-refractivity contribution in [1.29, 1.82) is 0 Å². The fourth-order valence-electron chi connectivity index (χ4n) is 3.29. The van der Waals surface area contributed by atoms with Crippen LogP contribution >= 0.6 is 0 Å². The van der Waals surface area contributed by atoms with Crippen molar-refractivity contribution in [1.82, 2.24) is 0 Å². The van der Waals surface area contributed by atoms with E-state index in [0.29, 0.717) is 0 Å². The Morgan fingerprint density at radius 3 is 2.30 bits per heavy atom. The van der Waals surface area contributed by atoms with Crippen LogP contribution in [0, 0.1) is 5.92 Å². The minimum Gasteiger partial charge on any atom is -0.458 e. The largest absolute Gasteiger partial charge is 0.458 e. The molecule has 2 atom stereocenters. The number of hydrogen-bond donors (Lipinski definition) is 0. The zero-order chi connectivity index (χ0) is 14.2. The summed E-state index contributed by atoms with van der Waals surface area (Å²) < 4.78 is 5.51. The fourth-order valence-corrected chi connectivity index (χ4v) is 3.29. The second-order valence-electron chi connectivity index (χ2n) is 6.18. The highest BCUT2D eigenvalue weighted by atomic mass is 16.6. The molecule has 2 nitrogen and oxygen atoms in total. The van der Waals surface area contributed by atoms with Crippen LogP contribution in [-0.2, 0) is 9.53 Å². The third-order valence-corrected chi connectivity index (χ3v) is 4.58. The lowest BCUT2D eigenvalue weighted by Crippen LogP contribution is -2.16. The smallest absolute Gasteiger partial charge is 0.334 e. The zero-order valence-electron chi connectivity index (χ0n) is 12.6. The van der Waals surface area contributed by atoms with Gasteiger partial charge in [-0.1, -0.05) is 44.4 Å². The van der Waals surface area contributed by atoms with Gasteiger partial charge in [-0.05, 0) is 44.9 Å². The molecular weight excluding hydrogens is 248 g/mol. The van der Waals surface area contributed by atoms with Crippen molar-refractivity contribution in [3.05, 3.63) is 24.3 Å². The van der Waals surface area contributed by atoms with E-state index in [1.807, 2.05) is 0 Å². The maximum Gasteiger partial charge on any atom is 0.334 e. The van der Waals surface area contributed by atoms with Crippen LogP contribution in [0.4, 0.5) is 0 Å². The van der Waals surface area contributed by atoms with E-state index in [-0.39, 0.29) is 18.0 Å². The van der Waals surface area contributed by atoms with E-state index in [9.17, 15) is 4.79 Å². The van der Waals surface area contributed by atoms with Gasteiger partial charge in [-0.3, -0.25) is 0 Å². The molecule has 2 heteroatoms. The van der Waals surface area contributed by atoms with Crippen LogP contribution in [-0.4, -0.2) is 12.1 Å². The maximum absolute atomic E-state index is 11.7. The van der Waals surface area contributed by atoms with Gasteiger partial charge in [0, 0.05) is 11.5 Å². The van der Waals surface area contributed by atoms with Crippen LogP contribution in [0.3, 0.4) is 0 Å². The molecule has 1 aliphatic heterocycles. The van der Waals surface area contributed by atoms with E-state index in [2.05, 4.69) is 18.7 Å². The lowest BCUT2D eigenvalue weighted by atomic mass is 9.88. The van der Waals surface area contributed by atoms with Gasteiger partial charge in [0.2, 0.25) is 0 Å². The van der Waals surface area contributed by atoms with Gasteiger partial charge in [0.1, 0.15) is 6.10 Å². The summed E-state index contributed by atoms with van der Waals surface area (Å²) in [6.45, 7) is 3.95. The van der Waals surface area contributed by atoms with E-state index in [1.165, 1.54) is 57.8 Å². The van der Waals surface area contributed by atoms with Crippen LogP contribution < -0.4 is 0 Å². The molecule has 0 aromatic carbocycles. The molecule has 0 saturated carbocycles. The maximum atomic E-state index is 11.7. The third-order valence-electron chi connectivity index (χ3n) is 4.58. The van der Waals surface area contributed by atoms with Gasteiger partial charge in [0.05, 0.1) is 0 Å². The van der Waals surface area contributed by atoms with Crippen LogP contribution in [0.5, 0.6) is 0 Å². The molecule has 0 unspecified atom stereocenters. The first-order valence-corrected chi connectivity index (χ1v) is 8.34. The number of ether oxygens (including phenoxy) is 1. The fraction of sp³-hybridized carbons (Fsp3) is 0.722. The average Bonchev–Trinajstić information content (AvgIpc) is 2.70. The number of hydrogen-bond acceptors (Lipinski definition) is 2. The number of allylic oxidation sites excluding steroid dienone is 2. The Hall–Kier alpha value is -1.05. The van der Waals surface area contributed by atoms with Crippen molar-refractivity contribution in [3.63, 3.8) is 0 Å². The first kappa shape index (κ1) is 15.3. The second-order valence-corrected chi connectivity index (χ2v) is 6.18. The Morgan fingerprint density at radius 2 is 1.50 bits per heavy atom. The molecule has 112 valence electrons. The lowest BCUT2D eigenvalue weighted by molar-refractivity contribution is -0.139. The highest BCUT2D eigenvalue weighted by Crippen LogP contribution is 2.34. The number of fused-ring (bicyclic) bond motifs is 1. The molecule has 1 aliphatic carbocycles. The predicted octanol–water partition coefficient (Wildman–Crippen LogP) is 4.95. The summed E-state index contributed by atoms with van der Waals surface area (Å²) in [6, 6.07) is 0. The highest BCUT2D eigenvalue weighted by Gasteiger charge is 2.37. The summed E-state index contributed by atoms with van der Waals surface area (Å²) in [4.78, 5) is 11.7. The molecule has 1 saturated heterocycles. The van der Waals surface area contributed by atoms with E-state index >= 15 is 0 Å². The topological polar surface area (TPSA) is 26.3 Å². The minimum absolute atomic E-state index is 0.107. The van der Waals surface area contributed by atoms with Crippen LogP contribution in [0.15, 0.2) is 24.3 Å². The Balaban J connectivity index is 1.88. The van der Waals surface area contributed by atoms with E-state index in [4.69, 9.17) is 4.74 Å². The Labute approximate surface area is 123 Å². The van der Waals surface area contributed by atoms with Crippen molar-refractivity contribution in [2.75, 3.05) is 0 Å². The van der Waals surface area contributed by atoms with E-state index < -0.39 is 0 Å². The Morgan fingerprint density at radius 1 is 0.900 bits per heavy atom. The second kappa shape index (κ2) is 8.28. The first-order valence-electron chi connectivity index (χ1n) is 8.34. The third kappa shape index (κ3) is 4.50. The van der Waals surface area contributed by atoms with Gasteiger partial charge in [0.25, 0.3) is 0 Å². The number of rotatable bonds is 0. The van der Waals surface area contributed by atoms with Crippen molar-refractivity contribution in [3.8, 4) is 0 Å². The summed E-state index contributed by atoms with van der Waals surface area (Å²) in [5.74, 6) is 0.123. The quantitative estimate of drug-likeness (QED) is 0.355. The van der Waals surface area contributed by atoms with E-state index in [0.717, 1.165) is 18.4 Å². The molecule has 0 amide bonds. The molecule has 1 heterocycles. The molecule has 2 aliphatic rings. The monoisotopic (exact) mass is 276 g/mol. The Bertz CT molecular complexity index is 356. The summed E-state index contributed by atoms with van der Waals surface area (Å²) in [5, 5.41) is 0. The summed E-state index contributed by atoms with van der Waals surface area (Å²) in [5.41, 5.74) is 0.717. The van der Waals surface area contributed by atoms with Crippen LogP contribution in [0.2, 0.25) is 0 Å². The standard InChI is InChI=1S/C18H28O2/c1-15-16-13-11-9-7-5-3-2-4-6-8-10-12-14-17(16)20-18(15)19/h3,5,16-17H,1-2,4,6-14H2/b5-3+/t16-,17+/m0/s1. The number of carbonyl (C=O) groups excluding carboxylic acids is 1. The molecule has 0 N–H and O–H groups in total.